The van der Waals surface area contributed by atoms with Crippen molar-refractivity contribution < 1.29 is 19.1 Å². The van der Waals surface area contributed by atoms with Crippen LogP contribution in [0.1, 0.15) is 26.7 Å². The molecule has 0 radical (unpaired) electrons. The molecule has 0 aromatic heterocycles. The van der Waals surface area contributed by atoms with Gasteiger partial charge in [0, 0.05) is 0 Å². The van der Waals surface area contributed by atoms with E-state index in [2.05, 4.69) is 135 Å². The van der Waals surface area contributed by atoms with Crippen LogP contribution in [0.5, 0.6) is 0 Å². The van der Waals surface area contributed by atoms with E-state index in [1.54, 1.807) is 13.8 Å². The third-order valence-electron chi connectivity index (χ3n) is 8.77. The summed E-state index contributed by atoms with van der Waals surface area (Å²) in [5.74, 6) is -0.840. The van der Waals surface area contributed by atoms with E-state index in [0.29, 0.717) is 12.8 Å². The molecule has 0 unspecified atom stereocenters. The van der Waals surface area contributed by atoms with Crippen molar-refractivity contribution in [1.29, 1.82) is 0 Å². The monoisotopic (exact) mass is 716 g/mol. The fourth-order valence-corrected chi connectivity index (χ4v) is 20.2. The fourth-order valence-electron chi connectivity index (χ4n) is 6.61. The van der Waals surface area contributed by atoms with Crippen LogP contribution >= 0.6 is 0 Å². The summed E-state index contributed by atoms with van der Waals surface area (Å²) in [6, 6.07) is 34.0. The van der Waals surface area contributed by atoms with Gasteiger partial charge in [0.25, 0.3) is 0 Å². The van der Waals surface area contributed by atoms with Gasteiger partial charge in [-0.2, -0.15) is 0 Å². The fraction of sp³-hybridized carbons (Fsp3) is 0.368. The summed E-state index contributed by atoms with van der Waals surface area (Å²) >= 11 is -3.50. The molecule has 3 aromatic carbocycles. The molecule has 44 heavy (non-hydrogen) atoms. The Labute approximate surface area is 269 Å². The van der Waals surface area contributed by atoms with Crippen molar-refractivity contribution in [3.63, 3.8) is 0 Å². The van der Waals surface area contributed by atoms with Crippen LogP contribution in [-0.2, 0) is 19.1 Å². The first-order valence-corrected chi connectivity index (χ1v) is 26.0. The van der Waals surface area contributed by atoms with Gasteiger partial charge in [-0.15, -0.1) is 0 Å². The van der Waals surface area contributed by atoms with Crippen molar-refractivity contribution in [1.82, 2.24) is 0 Å². The van der Waals surface area contributed by atoms with Crippen molar-refractivity contribution in [3.05, 3.63) is 115 Å². The summed E-state index contributed by atoms with van der Waals surface area (Å²) < 4.78 is 16.2. The number of benzene rings is 3. The van der Waals surface area contributed by atoms with Gasteiger partial charge in [-0.25, -0.2) is 0 Å². The van der Waals surface area contributed by atoms with Crippen LogP contribution in [0.4, 0.5) is 0 Å². The average Bonchev–Trinajstić information content (AvgIpc) is 3.40. The summed E-state index contributed by atoms with van der Waals surface area (Å²) in [5, 5.41) is 0. The number of allylic oxidation sites excluding steroid dienone is 4. The first-order valence-electron chi connectivity index (χ1n) is 16.0. The van der Waals surface area contributed by atoms with Crippen LogP contribution in [-0.4, -0.2) is 51.6 Å². The molecule has 0 N–H and O–H groups in total. The number of hydrogen-bond acceptors (Lipinski definition) is 4. The molecule has 0 bridgehead atoms. The molecule has 3 aromatic rings. The van der Waals surface area contributed by atoms with Crippen LogP contribution in [0.3, 0.4) is 0 Å². The van der Waals surface area contributed by atoms with Crippen LogP contribution < -0.4 is 10.7 Å². The number of carbonyl (C=O) groups excluding carboxylic acids is 2. The third-order valence-corrected chi connectivity index (χ3v) is 23.9. The maximum absolute atomic E-state index is 13.4. The second-order valence-corrected chi connectivity index (χ2v) is 29.9. The van der Waals surface area contributed by atoms with Gasteiger partial charge in [-0.3, -0.25) is 0 Å². The van der Waals surface area contributed by atoms with Gasteiger partial charge in [0.05, 0.1) is 0 Å². The predicted molar refractivity (Wildman–Crippen MR) is 187 cm³/mol. The van der Waals surface area contributed by atoms with Crippen molar-refractivity contribution in [2.75, 3.05) is 13.2 Å². The van der Waals surface area contributed by atoms with Gasteiger partial charge in [0.2, 0.25) is 0 Å². The number of hydrogen-bond donors (Lipinski definition) is 0. The van der Waals surface area contributed by atoms with Crippen molar-refractivity contribution in [3.8, 4) is 0 Å². The van der Waals surface area contributed by atoms with E-state index in [9.17, 15) is 9.59 Å². The van der Waals surface area contributed by atoms with E-state index in [4.69, 9.17) is 9.47 Å². The van der Waals surface area contributed by atoms with Crippen molar-refractivity contribution in [2.45, 2.75) is 56.8 Å². The van der Waals surface area contributed by atoms with E-state index >= 15 is 0 Å². The van der Waals surface area contributed by atoms with Crippen LogP contribution in [0.2, 0.25) is 30.1 Å². The number of carbonyl (C=O) groups is 2. The van der Waals surface area contributed by atoms with E-state index < -0.39 is 43.8 Å². The zero-order valence-electron chi connectivity index (χ0n) is 27.0. The molecule has 0 saturated heterocycles. The summed E-state index contributed by atoms with van der Waals surface area (Å²) in [6.45, 7) is 11.1. The molecule has 2 atom stereocenters. The molecule has 0 aliphatic heterocycles. The van der Waals surface area contributed by atoms with E-state index in [-0.39, 0.29) is 25.0 Å². The number of rotatable bonds is 13. The predicted octanol–water partition coefficient (Wildman–Crippen LogP) is 6.75. The first kappa shape index (κ1) is 34.0. The Balaban J connectivity index is 1.77. The molecule has 0 amide bonds. The summed E-state index contributed by atoms with van der Waals surface area (Å²) in [5.41, 5.74) is -1.28. The zero-order chi connectivity index (χ0) is 31.6. The Morgan fingerprint density at radius 2 is 1.09 bits per heavy atom. The molecule has 0 spiro atoms. The topological polar surface area (TPSA) is 52.6 Å². The SMILES string of the molecule is CCOC(=O)C1(C(=O)OCC)C[C@H](/C=C\C[Si](C)(C)C)[C@@H](/C=C\[CH2][Sn]([c]2ccccc2)([c]2ccccc2)[c]2ccccc2)C1. The van der Waals surface area contributed by atoms with Crippen LogP contribution in [0.25, 0.3) is 0 Å². The van der Waals surface area contributed by atoms with Gasteiger partial charge in [0.15, 0.2) is 0 Å². The minimum absolute atomic E-state index is 0.0213. The maximum atomic E-state index is 13.4. The molecule has 232 valence electrons. The molecule has 1 aliphatic rings. The van der Waals surface area contributed by atoms with E-state index in [1.165, 1.54) is 10.7 Å². The van der Waals surface area contributed by atoms with Gasteiger partial charge in [0.1, 0.15) is 0 Å². The van der Waals surface area contributed by atoms with Crippen molar-refractivity contribution >= 4 is 49.1 Å². The standard InChI is InChI=1S/C20H33O4Si.3C6H5.Sn/c1-7-11-16-14-20(18(21)23-8-2,19(22)24-9-3)15-17(16)12-10-13-25(4,5)6;3*1-2-4-6-5-3-1;/h7,10-12,16-17H,1,8-9,13-15H2,2-6H3;3*1-5H;/b11-7-,12-10-;;;;/t16-,17-;;;;/m0..../s1. The molecule has 1 saturated carbocycles. The van der Waals surface area contributed by atoms with Crippen LogP contribution in [0.15, 0.2) is 115 Å². The van der Waals surface area contributed by atoms with Gasteiger partial charge in [-0.05, 0) is 0 Å². The molecular weight excluding hydrogens is 667 g/mol. The van der Waals surface area contributed by atoms with Gasteiger partial charge < -0.3 is 0 Å². The van der Waals surface area contributed by atoms with E-state index in [1.807, 2.05) is 0 Å². The average molecular weight is 716 g/mol. The van der Waals surface area contributed by atoms with E-state index in [0.717, 1.165) is 10.5 Å². The molecule has 1 aliphatic carbocycles. The summed E-state index contributed by atoms with van der Waals surface area (Å²) in [4.78, 5) is 26.9. The minimum atomic E-state index is -3.50. The molecule has 1 fully saturated rings. The number of ether oxygens (including phenoxy) is 2. The quantitative estimate of drug-likeness (QED) is 0.0852. The van der Waals surface area contributed by atoms with Gasteiger partial charge in [-0.1, -0.05) is 0 Å². The van der Waals surface area contributed by atoms with Crippen LogP contribution in [0, 0.1) is 17.3 Å². The summed E-state index contributed by atoms with van der Waals surface area (Å²) in [7, 11) is -1.30. The Bertz CT molecular complexity index is 1300. The molecule has 4 rings (SSSR count). The molecule has 6 heteroatoms. The third kappa shape index (κ3) is 7.84. The molecule has 4 nitrogen and oxygen atoms in total. The Kier molecular flexibility index (Phi) is 11.9. The van der Waals surface area contributed by atoms with Gasteiger partial charge >= 0.3 is 271 Å². The normalized spacial score (nSPS) is 18.5. The Morgan fingerprint density at radius 1 is 0.705 bits per heavy atom. The Hall–Kier alpha value is -2.90. The number of esters is 2. The van der Waals surface area contributed by atoms with Crippen molar-refractivity contribution in [2.24, 2.45) is 17.3 Å². The second-order valence-electron chi connectivity index (χ2n) is 13.1. The molecule has 0 heterocycles. The zero-order valence-corrected chi connectivity index (χ0v) is 30.9. The molecular formula is C38H48O4SiSn. The Morgan fingerprint density at radius 3 is 1.45 bits per heavy atom. The summed E-state index contributed by atoms with van der Waals surface area (Å²) in [6.07, 6.45) is 10.0. The second kappa shape index (κ2) is 15.4. The first-order chi connectivity index (χ1) is 21.2.